The number of aromatic nitrogens is 3. The zero-order valence-electron chi connectivity index (χ0n) is 20.3. The van der Waals surface area contributed by atoms with Crippen molar-refractivity contribution in [1.82, 2.24) is 24.2 Å². The quantitative estimate of drug-likeness (QED) is 0.455. The van der Waals surface area contributed by atoms with Crippen LogP contribution in [0.1, 0.15) is 25.2 Å². The summed E-state index contributed by atoms with van der Waals surface area (Å²) in [6.07, 6.45) is -3.30. The number of thiazole rings is 1. The Balaban J connectivity index is 1.40. The first kappa shape index (κ1) is 27.2. The molecule has 10 nitrogen and oxygen atoms in total. The van der Waals surface area contributed by atoms with Crippen molar-refractivity contribution in [3.05, 3.63) is 35.8 Å². The maximum atomic E-state index is 13.5. The maximum absolute atomic E-state index is 13.5. The Morgan fingerprint density at radius 3 is 2.54 bits per heavy atom. The van der Waals surface area contributed by atoms with Crippen LogP contribution in [0.3, 0.4) is 0 Å². The van der Waals surface area contributed by atoms with E-state index in [1.165, 1.54) is 23.5 Å². The summed E-state index contributed by atoms with van der Waals surface area (Å²) in [7, 11) is -3.74. The summed E-state index contributed by atoms with van der Waals surface area (Å²) >= 11 is 0.900. The van der Waals surface area contributed by atoms with Crippen molar-refractivity contribution in [3.63, 3.8) is 0 Å². The summed E-state index contributed by atoms with van der Waals surface area (Å²) in [4.78, 5) is 25.6. The summed E-state index contributed by atoms with van der Waals surface area (Å²) in [5, 5.41) is 6.19. The fourth-order valence-corrected chi connectivity index (χ4v) is 6.79. The van der Waals surface area contributed by atoms with Crippen LogP contribution < -0.4 is 10.6 Å². The van der Waals surface area contributed by atoms with Crippen molar-refractivity contribution in [2.75, 3.05) is 43.4 Å². The third-order valence-electron chi connectivity index (χ3n) is 5.75. The standard InChI is InChI=1S/C22H26F3N7O3S2/c1-13(27-20-16-5-4-6-17(22(23,24)25)19(16)28-14(2)29-20)12-31-7-9-32(10-8-31)37(34,35)18-11-26-21(36-18)30-15(3)33/h4-6,11,13H,7-10,12H2,1-3H3,(H,26,30,33)(H,27,28,29). The molecule has 1 amide bonds. The highest BCUT2D eigenvalue weighted by Gasteiger charge is 2.34. The Bertz CT molecular complexity index is 1400. The topological polar surface area (TPSA) is 120 Å². The second kappa shape index (κ2) is 10.5. The molecule has 1 unspecified atom stereocenters. The Labute approximate surface area is 216 Å². The number of hydrogen-bond acceptors (Lipinski definition) is 9. The summed E-state index contributed by atoms with van der Waals surface area (Å²) in [5.41, 5.74) is -0.964. The van der Waals surface area contributed by atoms with Gasteiger partial charge in [0.25, 0.3) is 10.0 Å². The second-order valence-corrected chi connectivity index (χ2v) is 11.9. The van der Waals surface area contributed by atoms with E-state index in [1.54, 1.807) is 13.0 Å². The average Bonchev–Trinajstić information content (AvgIpc) is 3.27. The first-order valence-electron chi connectivity index (χ1n) is 11.4. The lowest BCUT2D eigenvalue weighted by atomic mass is 10.1. The molecule has 3 heterocycles. The SMILES string of the molecule is CC(=O)Nc1ncc(S(=O)(=O)N2CCN(CC(C)Nc3nc(C)nc4c(C(F)(F)F)cccc34)CC2)s1. The van der Waals surface area contributed by atoms with Gasteiger partial charge in [0.2, 0.25) is 5.91 Å². The molecule has 0 aliphatic carbocycles. The molecule has 1 saturated heterocycles. The van der Waals surface area contributed by atoms with E-state index in [1.807, 2.05) is 6.92 Å². The monoisotopic (exact) mass is 557 g/mol. The lowest BCUT2D eigenvalue weighted by molar-refractivity contribution is -0.136. The third-order valence-corrected chi connectivity index (χ3v) is 9.00. The van der Waals surface area contributed by atoms with Gasteiger partial charge < -0.3 is 10.6 Å². The molecule has 1 aliphatic heterocycles. The Hall–Kier alpha value is -2.88. The predicted molar refractivity (Wildman–Crippen MR) is 134 cm³/mol. The van der Waals surface area contributed by atoms with Crippen molar-refractivity contribution in [3.8, 4) is 0 Å². The summed E-state index contributed by atoms with van der Waals surface area (Å²) in [5.74, 6) is 0.213. The van der Waals surface area contributed by atoms with Crippen LogP contribution in [-0.2, 0) is 21.0 Å². The molecule has 0 bridgehead atoms. The number of carbonyl (C=O) groups is 1. The van der Waals surface area contributed by atoms with Gasteiger partial charge in [0.05, 0.1) is 17.3 Å². The van der Waals surface area contributed by atoms with Crippen LogP contribution in [0.5, 0.6) is 0 Å². The molecular formula is C22H26F3N7O3S2. The van der Waals surface area contributed by atoms with E-state index in [2.05, 4.69) is 30.5 Å². The van der Waals surface area contributed by atoms with Crippen LogP contribution in [-0.4, -0.2) is 77.2 Å². The Morgan fingerprint density at radius 2 is 1.89 bits per heavy atom. The molecular weight excluding hydrogens is 531 g/mol. The van der Waals surface area contributed by atoms with Crippen molar-refractivity contribution in [2.24, 2.45) is 0 Å². The van der Waals surface area contributed by atoms with Crippen LogP contribution in [0.25, 0.3) is 10.9 Å². The minimum atomic E-state index is -4.53. The van der Waals surface area contributed by atoms with E-state index in [4.69, 9.17) is 0 Å². The van der Waals surface area contributed by atoms with Crippen molar-refractivity contribution < 1.29 is 26.4 Å². The summed E-state index contributed by atoms with van der Waals surface area (Å²) in [6, 6.07) is 3.71. The highest BCUT2D eigenvalue weighted by molar-refractivity contribution is 7.91. The first-order chi connectivity index (χ1) is 17.3. The zero-order chi connectivity index (χ0) is 27.0. The fraction of sp³-hybridized carbons (Fsp3) is 0.455. The van der Waals surface area contributed by atoms with Crippen molar-refractivity contribution in [2.45, 2.75) is 37.2 Å². The van der Waals surface area contributed by atoms with E-state index in [9.17, 15) is 26.4 Å². The molecule has 200 valence electrons. The predicted octanol–water partition coefficient (Wildman–Crippen LogP) is 3.18. The van der Waals surface area contributed by atoms with Crippen LogP contribution in [0.4, 0.5) is 24.1 Å². The molecule has 2 N–H and O–H groups in total. The molecule has 1 aromatic carbocycles. The van der Waals surface area contributed by atoms with Gasteiger partial charge in [0.15, 0.2) is 9.34 Å². The van der Waals surface area contributed by atoms with E-state index >= 15 is 0 Å². The number of carbonyl (C=O) groups excluding carboxylic acids is 1. The van der Waals surface area contributed by atoms with Gasteiger partial charge in [-0.15, -0.1) is 0 Å². The number of rotatable bonds is 7. The van der Waals surface area contributed by atoms with E-state index < -0.39 is 21.8 Å². The van der Waals surface area contributed by atoms with Gasteiger partial charge >= 0.3 is 6.18 Å². The number of hydrogen-bond donors (Lipinski definition) is 2. The molecule has 0 radical (unpaired) electrons. The minimum absolute atomic E-state index is 0.0592. The highest BCUT2D eigenvalue weighted by Crippen LogP contribution is 2.35. The number of sulfonamides is 1. The molecule has 0 saturated carbocycles. The minimum Gasteiger partial charge on any atom is -0.366 e. The summed E-state index contributed by atoms with van der Waals surface area (Å²) in [6.45, 7) is 6.78. The van der Waals surface area contributed by atoms with Gasteiger partial charge in [-0.3, -0.25) is 9.69 Å². The highest BCUT2D eigenvalue weighted by atomic mass is 32.2. The van der Waals surface area contributed by atoms with E-state index in [0.717, 1.165) is 17.4 Å². The zero-order valence-corrected chi connectivity index (χ0v) is 22.0. The van der Waals surface area contributed by atoms with E-state index in [-0.39, 0.29) is 51.1 Å². The normalized spacial score (nSPS) is 16.6. The molecule has 1 aliphatic rings. The van der Waals surface area contributed by atoms with Crippen molar-refractivity contribution in [1.29, 1.82) is 0 Å². The largest absolute Gasteiger partial charge is 0.418 e. The fourth-order valence-electron chi connectivity index (χ4n) is 4.14. The number of anilines is 2. The maximum Gasteiger partial charge on any atom is 0.418 e. The van der Waals surface area contributed by atoms with Gasteiger partial charge in [-0.2, -0.15) is 17.5 Å². The van der Waals surface area contributed by atoms with Gasteiger partial charge in [0, 0.05) is 51.1 Å². The molecule has 37 heavy (non-hydrogen) atoms. The average molecular weight is 558 g/mol. The summed E-state index contributed by atoms with van der Waals surface area (Å²) < 4.78 is 67.8. The molecule has 4 rings (SSSR count). The number of nitrogens with one attached hydrogen (secondary N) is 2. The van der Waals surface area contributed by atoms with Crippen LogP contribution in [0, 0.1) is 6.92 Å². The number of para-hydroxylation sites is 1. The van der Waals surface area contributed by atoms with Gasteiger partial charge in [-0.05, 0) is 26.0 Å². The molecule has 15 heteroatoms. The number of amides is 1. The van der Waals surface area contributed by atoms with Gasteiger partial charge in [-0.1, -0.05) is 17.4 Å². The van der Waals surface area contributed by atoms with Gasteiger partial charge in [0.1, 0.15) is 11.6 Å². The van der Waals surface area contributed by atoms with E-state index in [0.29, 0.717) is 25.5 Å². The lowest BCUT2D eigenvalue weighted by Gasteiger charge is -2.35. The first-order valence-corrected chi connectivity index (χ1v) is 13.7. The number of piperazine rings is 1. The third kappa shape index (κ3) is 6.17. The number of benzene rings is 1. The van der Waals surface area contributed by atoms with Gasteiger partial charge in [-0.25, -0.2) is 23.4 Å². The molecule has 1 atom stereocenters. The number of halogens is 3. The van der Waals surface area contributed by atoms with Crippen LogP contribution in [0.2, 0.25) is 0 Å². The molecule has 2 aromatic heterocycles. The molecule has 0 spiro atoms. The number of nitrogens with zero attached hydrogens (tertiary/aromatic N) is 5. The smallest absolute Gasteiger partial charge is 0.366 e. The lowest BCUT2D eigenvalue weighted by Crippen LogP contribution is -2.50. The van der Waals surface area contributed by atoms with Crippen molar-refractivity contribution >= 4 is 49.1 Å². The van der Waals surface area contributed by atoms with Crippen LogP contribution >= 0.6 is 11.3 Å². The number of aryl methyl sites for hydroxylation is 1. The van der Waals surface area contributed by atoms with Crippen LogP contribution in [0.15, 0.2) is 28.6 Å². The Morgan fingerprint density at radius 1 is 1.19 bits per heavy atom. The molecule has 3 aromatic rings. The Kier molecular flexibility index (Phi) is 7.69. The second-order valence-electron chi connectivity index (χ2n) is 8.73. The molecule has 1 fully saturated rings. The number of fused-ring (bicyclic) bond motifs is 1. The number of alkyl halides is 3.